The van der Waals surface area contributed by atoms with E-state index in [9.17, 15) is 0 Å². The first-order chi connectivity index (χ1) is 34.6. The van der Waals surface area contributed by atoms with Gasteiger partial charge in [0.2, 0.25) is 0 Å². The summed E-state index contributed by atoms with van der Waals surface area (Å²) in [5.41, 5.74) is 21.0. The maximum absolute atomic E-state index is 3.95. The largest absolute Gasteiger partial charge is 0.355 e. The van der Waals surface area contributed by atoms with Crippen molar-refractivity contribution in [2.24, 2.45) is 0 Å². The molecule has 11 aromatic rings. The SMILES string of the molecule is CC1(c2ccccc2)C=C(n2c3ccccc3c3cc(-c4ccc(Nc5cccc(-c6ccccc6)c5)c(-c5cccc6c5-c5ccccc5C6(c5ccccc5)c5ccccc5)c4)ccc32)C=CC1. The fraction of sp³-hybridized carbons (Fsp3) is 0.0588. The number of nitrogens with zero attached hydrogens (tertiary/aromatic N) is 1. The van der Waals surface area contributed by atoms with Crippen molar-refractivity contribution in [2.45, 2.75) is 24.2 Å². The zero-order valence-electron chi connectivity index (χ0n) is 39.1. The molecule has 0 saturated heterocycles. The molecule has 70 heavy (non-hydrogen) atoms. The van der Waals surface area contributed by atoms with Gasteiger partial charge in [0.15, 0.2) is 0 Å². The molecule has 2 aliphatic rings. The summed E-state index contributed by atoms with van der Waals surface area (Å²) < 4.78 is 2.46. The van der Waals surface area contributed by atoms with E-state index >= 15 is 0 Å². The molecular weight excluding hydrogens is 845 g/mol. The standard InChI is InChI=1S/C68H50N2/c1-67(51-24-8-3-9-25-51)42-20-31-55(46-67)70-64-37-17-15-32-56(64)60-45-50(39-41-65(60)70)49-38-40-63(69-54-30-18-23-48(43-54)47-21-6-2-7-22-47)59(44-49)57-34-19-36-62-66(57)58-33-14-16-35-61(58)68(62,52-26-10-4-11-27-52)53-28-12-5-13-29-53/h2-41,43-46,69H,42H2,1H3. The lowest BCUT2D eigenvalue weighted by Crippen LogP contribution is -2.28. The van der Waals surface area contributed by atoms with E-state index in [2.05, 4.69) is 284 Å². The minimum Gasteiger partial charge on any atom is -0.355 e. The minimum absolute atomic E-state index is 0.113. The van der Waals surface area contributed by atoms with Gasteiger partial charge in [-0.2, -0.15) is 0 Å². The zero-order chi connectivity index (χ0) is 46.7. The number of fused-ring (bicyclic) bond motifs is 6. The number of hydrogen-bond donors (Lipinski definition) is 1. The maximum Gasteiger partial charge on any atom is 0.0713 e. The van der Waals surface area contributed by atoms with Crippen molar-refractivity contribution in [3.8, 4) is 44.5 Å². The molecular formula is C68H50N2. The molecule has 2 nitrogen and oxygen atoms in total. The predicted molar refractivity (Wildman–Crippen MR) is 295 cm³/mol. The first-order valence-electron chi connectivity index (χ1n) is 24.5. The van der Waals surface area contributed by atoms with Gasteiger partial charge in [-0.05, 0) is 128 Å². The van der Waals surface area contributed by atoms with E-state index in [1.54, 1.807) is 0 Å². The Labute approximate surface area is 410 Å². The summed E-state index contributed by atoms with van der Waals surface area (Å²) in [6, 6.07) is 91.5. The predicted octanol–water partition coefficient (Wildman–Crippen LogP) is 17.7. The van der Waals surface area contributed by atoms with Crippen molar-refractivity contribution in [3.05, 3.63) is 295 Å². The average Bonchev–Trinajstić information content (AvgIpc) is 3.93. The Morgan fingerprint density at radius 3 is 1.76 bits per heavy atom. The number of anilines is 2. The van der Waals surface area contributed by atoms with Crippen LogP contribution in [0.25, 0.3) is 72.0 Å². The van der Waals surface area contributed by atoms with Crippen LogP contribution in [0, 0.1) is 0 Å². The number of nitrogens with one attached hydrogen (secondary N) is 1. The van der Waals surface area contributed by atoms with Gasteiger partial charge < -0.3 is 9.88 Å². The first-order valence-corrected chi connectivity index (χ1v) is 24.5. The Balaban J connectivity index is 1.01. The molecule has 0 spiro atoms. The molecule has 1 aromatic heterocycles. The van der Waals surface area contributed by atoms with E-state index < -0.39 is 5.41 Å². The molecule has 2 heteroatoms. The minimum atomic E-state index is -0.513. The highest BCUT2D eigenvalue weighted by atomic mass is 15.0. The molecule has 1 N–H and O–H groups in total. The quantitative estimate of drug-likeness (QED) is 0.153. The van der Waals surface area contributed by atoms with Gasteiger partial charge in [-0.1, -0.05) is 219 Å². The van der Waals surface area contributed by atoms with Crippen LogP contribution in [0.1, 0.15) is 41.2 Å². The molecule has 332 valence electrons. The highest BCUT2D eigenvalue weighted by Crippen LogP contribution is 2.59. The van der Waals surface area contributed by atoms with Gasteiger partial charge in [0.05, 0.1) is 16.4 Å². The van der Waals surface area contributed by atoms with Crippen molar-refractivity contribution in [2.75, 3.05) is 5.32 Å². The molecule has 10 aromatic carbocycles. The van der Waals surface area contributed by atoms with Crippen LogP contribution in [0.3, 0.4) is 0 Å². The van der Waals surface area contributed by atoms with E-state index in [1.165, 1.54) is 88.7 Å². The van der Waals surface area contributed by atoms with Crippen LogP contribution in [-0.2, 0) is 10.8 Å². The van der Waals surface area contributed by atoms with Crippen LogP contribution in [0.15, 0.2) is 267 Å². The zero-order valence-corrected chi connectivity index (χ0v) is 39.1. The Morgan fingerprint density at radius 1 is 0.414 bits per heavy atom. The molecule has 0 radical (unpaired) electrons. The number of para-hydroxylation sites is 1. The second kappa shape index (κ2) is 16.8. The lowest BCUT2D eigenvalue weighted by Gasteiger charge is -2.34. The number of allylic oxidation sites excluding steroid dienone is 4. The molecule has 0 fully saturated rings. The normalized spacial score (nSPS) is 15.6. The van der Waals surface area contributed by atoms with Gasteiger partial charge in [-0.25, -0.2) is 0 Å². The van der Waals surface area contributed by atoms with Crippen LogP contribution in [0.2, 0.25) is 0 Å². The number of hydrogen-bond acceptors (Lipinski definition) is 1. The van der Waals surface area contributed by atoms with Gasteiger partial charge in [0.25, 0.3) is 0 Å². The lowest BCUT2D eigenvalue weighted by molar-refractivity contribution is 0.599. The van der Waals surface area contributed by atoms with E-state index in [1.807, 2.05) is 0 Å². The van der Waals surface area contributed by atoms with Crippen molar-refractivity contribution in [1.82, 2.24) is 4.57 Å². The molecule has 0 bridgehead atoms. The molecule has 13 rings (SSSR count). The highest BCUT2D eigenvalue weighted by molar-refractivity contribution is 6.12. The third-order valence-electron chi connectivity index (χ3n) is 15.0. The van der Waals surface area contributed by atoms with Crippen LogP contribution in [0.5, 0.6) is 0 Å². The smallest absolute Gasteiger partial charge is 0.0713 e. The van der Waals surface area contributed by atoms with E-state index in [0.29, 0.717) is 0 Å². The van der Waals surface area contributed by atoms with Gasteiger partial charge in [0.1, 0.15) is 0 Å². The molecule has 0 saturated carbocycles. The van der Waals surface area contributed by atoms with Crippen molar-refractivity contribution in [1.29, 1.82) is 0 Å². The Kier molecular flexibility index (Phi) is 9.95. The van der Waals surface area contributed by atoms with E-state index in [4.69, 9.17) is 0 Å². The third kappa shape index (κ3) is 6.71. The van der Waals surface area contributed by atoms with Crippen LogP contribution >= 0.6 is 0 Å². The van der Waals surface area contributed by atoms with Crippen LogP contribution in [0.4, 0.5) is 11.4 Å². The van der Waals surface area contributed by atoms with E-state index in [0.717, 1.165) is 28.9 Å². The van der Waals surface area contributed by atoms with Crippen LogP contribution < -0.4 is 5.32 Å². The van der Waals surface area contributed by atoms with Crippen molar-refractivity contribution in [3.63, 3.8) is 0 Å². The third-order valence-corrected chi connectivity index (χ3v) is 15.0. The number of benzene rings is 10. The summed E-state index contributed by atoms with van der Waals surface area (Å²) >= 11 is 0. The second-order valence-electron chi connectivity index (χ2n) is 19.1. The topological polar surface area (TPSA) is 17.0 Å². The van der Waals surface area contributed by atoms with Gasteiger partial charge in [-0.3, -0.25) is 0 Å². The van der Waals surface area contributed by atoms with Crippen molar-refractivity contribution < 1.29 is 0 Å². The summed E-state index contributed by atoms with van der Waals surface area (Å²) in [6.07, 6.45) is 8.08. The second-order valence-corrected chi connectivity index (χ2v) is 19.1. The number of aromatic nitrogens is 1. The fourth-order valence-electron chi connectivity index (χ4n) is 11.8. The van der Waals surface area contributed by atoms with Gasteiger partial charge in [-0.15, -0.1) is 0 Å². The Morgan fingerprint density at radius 2 is 0.986 bits per heavy atom. The average molecular weight is 895 g/mol. The summed E-state index contributed by atoms with van der Waals surface area (Å²) in [5, 5.41) is 6.44. The summed E-state index contributed by atoms with van der Waals surface area (Å²) in [5.74, 6) is 0. The Hall–Kier alpha value is -8.72. The Bertz CT molecular complexity index is 3780. The maximum atomic E-state index is 3.95. The molecule has 1 atom stereocenters. The summed E-state index contributed by atoms with van der Waals surface area (Å²) in [4.78, 5) is 0. The fourth-order valence-corrected chi connectivity index (χ4v) is 11.8. The molecule has 2 aliphatic carbocycles. The molecule has 0 aliphatic heterocycles. The van der Waals surface area contributed by atoms with Gasteiger partial charge in [0, 0.05) is 38.8 Å². The summed E-state index contributed by atoms with van der Waals surface area (Å²) in [7, 11) is 0. The van der Waals surface area contributed by atoms with Gasteiger partial charge >= 0.3 is 0 Å². The lowest BCUT2D eigenvalue weighted by atomic mass is 9.67. The van der Waals surface area contributed by atoms with E-state index in [-0.39, 0.29) is 5.41 Å². The first kappa shape index (κ1) is 41.5. The summed E-state index contributed by atoms with van der Waals surface area (Å²) in [6.45, 7) is 2.36. The molecule has 1 heterocycles. The van der Waals surface area contributed by atoms with Crippen molar-refractivity contribution >= 4 is 38.9 Å². The molecule has 0 amide bonds. The monoisotopic (exact) mass is 894 g/mol. The highest BCUT2D eigenvalue weighted by Gasteiger charge is 2.47. The molecule has 1 unspecified atom stereocenters. The van der Waals surface area contributed by atoms with Crippen LogP contribution in [-0.4, -0.2) is 4.57 Å². The number of rotatable bonds is 9.